The maximum Gasteiger partial charge on any atom is 0.339 e. The van der Waals surface area contributed by atoms with Crippen molar-refractivity contribution in [1.82, 2.24) is 4.31 Å². The van der Waals surface area contributed by atoms with Gasteiger partial charge in [0.15, 0.2) is 6.10 Å². The van der Waals surface area contributed by atoms with Crippen molar-refractivity contribution in [2.45, 2.75) is 17.4 Å². The Kier molecular flexibility index (Phi) is 4.80. The molecule has 2 aromatic rings. The topological polar surface area (TPSA) is 92.8 Å². The number of rotatable bonds is 4. The molecule has 0 fully saturated rings. The van der Waals surface area contributed by atoms with Crippen LogP contribution in [0.3, 0.4) is 0 Å². The summed E-state index contributed by atoms with van der Waals surface area (Å²) in [6.07, 6.45) is -0.699. The first-order chi connectivity index (χ1) is 12.3. The minimum atomic E-state index is -3.61. The van der Waals surface area contributed by atoms with Gasteiger partial charge in [0.2, 0.25) is 10.0 Å². The van der Waals surface area contributed by atoms with E-state index in [1.54, 1.807) is 30.3 Å². The Hall–Kier alpha value is -2.71. The Balaban J connectivity index is 1.78. The van der Waals surface area contributed by atoms with Crippen LogP contribution in [0.25, 0.3) is 0 Å². The van der Waals surface area contributed by atoms with Crippen molar-refractivity contribution >= 4 is 27.6 Å². The van der Waals surface area contributed by atoms with E-state index >= 15 is 0 Å². The number of anilines is 1. The van der Waals surface area contributed by atoms with Crippen molar-refractivity contribution in [2.24, 2.45) is 0 Å². The molecule has 2 aromatic carbocycles. The standard InChI is InChI=1S/C18H18N2O5S/c1-20(2)26(23,24)14-8-5-7-13(11-14)19-17(21)16-10-12-6-3-4-9-15(12)18(22)25-16/h3-9,11,16H,10H2,1-2H3,(H,19,21)/t16-/m0/s1. The number of fused-ring (bicyclic) bond motifs is 1. The molecule has 1 N–H and O–H groups in total. The van der Waals surface area contributed by atoms with Crippen LogP contribution >= 0.6 is 0 Å². The molecule has 136 valence electrons. The average Bonchev–Trinajstić information content (AvgIpc) is 2.61. The number of benzene rings is 2. The van der Waals surface area contributed by atoms with Gasteiger partial charge in [0.25, 0.3) is 5.91 Å². The quantitative estimate of drug-likeness (QED) is 0.822. The lowest BCUT2D eigenvalue weighted by Gasteiger charge is -2.23. The van der Waals surface area contributed by atoms with E-state index in [2.05, 4.69) is 5.32 Å². The third-order valence-corrected chi connectivity index (χ3v) is 5.88. The zero-order valence-electron chi connectivity index (χ0n) is 14.3. The van der Waals surface area contributed by atoms with Crippen molar-refractivity contribution in [1.29, 1.82) is 0 Å². The summed E-state index contributed by atoms with van der Waals surface area (Å²) in [6.45, 7) is 0. The number of nitrogens with zero attached hydrogens (tertiary/aromatic N) is 1. The first-order valence-electron chi connectivity index (χ1n) is 7.91. The van der Waals surface area contributed by atoms with Gasteiger partial charge < -0.3 is 10.1 Å². The molecule has 0 bridgehead atoms. The molecule has 0 aromatic heterocycles. The molecule has 0 spiro atoms. The highest BCUT2D eigenvalue weighted by Crippen LogP contribution is 2.22. The molecule has 7 nitrogen and oxygen atoms in total. The van der Waals surface area contributed by atoms with Crippen LogP contribution in [0.2, 0.25) is 0 Å². The lowest BCUT2D eigenvalue weighted by Crippen LogP contribution is -2.38. The smallest absolute Gasteiger partial charge is 0.339 e. The second kappa shape index (κ2) is 6.89. The first-order valence-corrected chi connectivity index (χ1v) is 9.35. The van der Waals surface area contributed by atoms with Crippen molar-refractivity contribution in [3.63, 3.8) is 0 Å². The van der Waals surface area contributed by atoms with E-state index in [1.807, 2.05) is 0 Å². The summed E-state index contributed by atoms with van der Waals surface area (Å²) in [6, 6.07) is 12.9. The Morgan fingerprint density at radius 1 is 1.15 bits per heavy atom. The molecule has 1 aliphatic rings. The molecule has 1 atom stereocenters. The number of hydrogen-bond donors (Lipinski definition) is 1. The number of cyclic esters (lactones) is 1. The molecule has 0 aliphatic carbocycles. The summed E-state index contributed by atoms with van der Waals surface area (Å²) in [4.78, 5) is 24.6. The summed E-state index contributed by atoms with van der Waals surface area (Å²) < 4.78 is 30.7. The zero-order chi connectivity index (χ0) is 18.9. The monoisotopic (exact) mass is 374 g/mol. The van der Waals surface area contributed by atoms with Gasteiger partial charge in [-0.15, -0.1) is 0 Å². The largest absolute Gasteiger partial charge is 0.448 e. The summed E-state index contributed by atoms with van der Waals surface area (Å²) in [5.41, 5.74) is 1.51. The molecule has 1 amide bonds. The summed E-state index contributed by atoms with van der Waals surface area (Å²) in [5, 5.41) is 2.62. The van der Waals surface area contributed by atoms with Crippen LogP contribution in [0.5, 0.6) is 0 Å². The molecule has 0 saturated heterocycles. The van der Waals surface area contributed by atoms with Gasteiger partial charge in [-0.1, -0.05) is 24.3 Å². The van der Waals surface area contributed by atoms with Crippen molar-refractivity contribution < 1.29 is 22.7 Å². The van der Waals surface area contributed by atoms with E-state index in [0.29, 0.717) is 11.3 Å². The molecule has 0 saturated carbocycles. The lowest BCUT2D eigenvalue weighted by molar-refractivity contribution is -0.125. The molecule has 0 unspecified atom stereocenters. The fourth-order valence-electron chi connectivity index (χ4n) is 2.65. The normalized spacial score (nSPS) is 16.7. The first kappa shape index (κ1) is 18.1. The van der Waals surface area contributed by atoms with E-state index in [-0.39, 0.29) is 11.3 Å². The molecule has 1 aliphatic heterocycles. The van der Waals surface area contributed by atoms with Gasteiger partial charge >= 0.3 is 5.97 Å². The number of hydrogen-bond acceptors (Lipinski definition) is 5. The Bertz CT molecular complexity index is 969. The van der Waals surface area contributed by atoms with Crippen LogP contribution in [0.15, 0.2) is 53.4 Å². The van der Waals surface area contributed by atoms with Crippen LogP contribution in [-0.4, -0.2) is 44.8 Å². The number of nitrogens with one attached hydrogen (secondary N) is 1. The van der Waals surface area contributed by atoms with Gasteiger partial charge in [0.1, 0.15) is 0 Å². The van der Waals surface area contributed by atoms with Gasteiger partial charge in [-0.05, 0) is 29.8 Å². The predicted molar refractivity (Wildman–Crippen MR) is 95.3 cm³/mol. The van der Waals surface area contributed by atoms with E-state index in [9.17, 15) is 18.0 Å². The van der Waals surface area contributed by atoms with Crippen molar-refractivity contribution in [3.05, 3.63) is 59.7 Å². The maximum atomic E-state index is 12.5. The molecule has 8 heteroatoms. The molecular formula is C18H18N2O5S. The van der Waals surface area contributed by atoms with Gasteiger partial charge in [-0.2, -0.15) is 0 Å². The van der Waals surface area contributed by atoms with Crippen LogP contribution < -0.4 is 5.32 Å². The highest BCUT2D eigenvalue weighted by molar-refractivity contribution is 7.89. The van der Waals surface area contributed by atoms with Crippen molar-refractivity contribution in [3.8, 4) is 0 Å². The third kappa shape index (κ3) is 3.47. The predicted octanol–water partition coefficient (Wildman–Crippen LogP) is 1.66. The highest BCUT2D eigenvalue weighted by Gasteiger charge is 2.31. The second-order valence-electron chi connectivity index (χ2n) is 6.06. The fourth-order valence-corrected chi connectivity index (χ4v) is 3.59. The fraction of sp³-hybridized carbons (Fsp3) is 0.222. The number of sulfonamides is 1. The number of ether oxygens (including phenoxy) is 1. The maximum absolute atomic E-state index is 12.5. The third-order valence-electron chi connectivity index (χ3n) is 4.06. The number of carbonyl (C=O) groups is 2. The molecule has 3 rings (SSSR count). The van der Waals surface area contributed by atoms with Crippen LogP contribution in [0.1, 0.15) is 15.9 Å². The van der Waals surface area contributed by atoms with E-state index in [1.165, 1.54) is 32.3 Å². The van der Waals surface area contributed by atoms with Gasteiger partial charge in [-0.3, -0.25) is 4.79 Å². The van der Waals surface area contributed by atoms with E-state index in [4.69, 9.17) is 4.74 Å². The number of carbonyl (C=O) groups excluding carboxylic acids is 2. The highest BCUT2D eigenvalue weighted by atomic mass is 32.2. The molecular weight excluding hydrogens is 356 g/mol. The van der Waals surface area contributed by atoms with Gasteiger partial charge in [-0.25, -0.2) is 17.5 Å². The minimum absolute atomic E-state index is 0.0614. The van der Waals surface area contributed by atoms with Crippen LogP contribution in [0.4, 0.5) is 5.69 Å². The zero-order valence-corrected chi connectivity index (χ0v) is 15.1. The Morgan fingerprint density at radius 2 is 1.88 bits per heavy atom. The van der Waals surface area contributed by atoms with Crippen LogP contribution in [-0.2, 0) is 26.0 Å². The Morgan fingerprint density at radius 3 is 2.62 bits per heavy atom. The molecule has 1 heterocycles. The average molecular weight is 374 g/mol. The van der Waals surface area contributed by atoms with E-state index in [0.717, 1.165) is 9.87 Å². The van der Waals surface area contributed by atoms with Gasteiger partial charge in [0, 0.05) is 26.2 Å². The Labute approximate surface area is 151 Å². The SMILES string of the molecule is CN(C)S(=O)(=O)c1cccc(NC(=O)[C@@H]2Cc3ccccc3C(=O)O2)c1. The molecule has 0 radical (unpaired) electrons. The second-order valence-corrected chi connectivity index (χ2v) is 8.21. The summed E-state index contributed by atoms with van der Waals surface area (Å²) in [7, 11) is -0.752. The number of amides is 1. The summed E-state index contributed by atoms with van der Waals surface area (Å²) >= 11 is 0. The number of esters is 1. The van der Waals surface area contributed by atoms with Gasteiger partial charge in [0.05, 0.1) is 10.5 Å². The summed E-state index contributed by atoms with van der Waals surface area (Å²) in [5.74, 6) is -1.05. The minimum Gasteiger partial charge on any atom is -0.448 e. The van der Waals surface area contributed by atoms with E-state index < -0.39 is 28.0 Å². The van der Waals surface area contributed by atoms with Crippen LogP contribution in [0, 0.1) is 0 Å². The van der Waals surface area contributed by atoms with Crippen molar-refractivity contribution in [2.75, 3.05) is 19.4 Å². The molecule has 26 heavy (non-hydrogen) atoms. The lowest BCUT2D eigenvalue weighted by atomic mass is 9.98.